The Balaban J connectivity index is 1.63. The van der Waals surface area contributed by atoms with Crippen molar-refractivity contribution in [2.45, 2.75) is 26.2 Å². The van der Waals surface area contributed by atoms with Gasteiger partial charge in [0.15, 0.2) is 0 Å². The molecule has 0 aromatic carbocycles. The Morgan fingerprint density at radius 3 is 2.76 bits per heavy atom. The van der Waals surface area contributed by atoms with Crippen molar-refractivity contribution in [3.05, 3.63) is 0 Å². The van der Waals surface area contributed by atoms with Crippen LogP contribution < -0.4 is 10.6 Å². The fourth-order valence-corrected chi connectivity index (χ4v) is 2.90. The van der Waals surface area contributed by atoms with Gasteiger partial charge in [0.1, 0.15) is 0 Å². The minimum Gasteiger partial charge on any atom is -0.355 e. The van der Waals surface area contributed by atoms with Crippen LogP contribution in [0, 0.1) is 11.8 Å². The van der Waals surface area contributed by atoms with Crippen molar-refractivity contribution >= 4 is 5.91 Å². The quantitative estimate of drug-likeness (QED) is 0.748. The smallest absolute Gasteiger partial charge is 0.234 e. The predicted molar refractivity (Wildman–Crippen MR) is 68.8 cm³/mol. The van der Waals surface area contributed by atoms with E-state index in [0.717, 1.165) is 38.6 Å². The molecule has 0 aromatic rings. The summed E-state index contributed by atoms with van der Waals surface area (Å²) in [6, 6.07) is 0. The Bertz CT molecular complexity index is 251. The highest BCUT2D eigenvalue weighted by Gasteiger charge is 2.23. The van der Waals surface area contributed by atoms with Gasteiger partial charge in [0.2, 0.25) is 5.91 Å². The summed E-state index contributed by atoms with van der Waals surface area (Å²) in [5.74, 6) is 1.70. The summed E-state index contributed by atoms with van der Waals surface area (Å²) in [6.45, 7) is 7.76. The number of piperazine rings is 1. The van der Waals surface area contributed by atoms with Crippen molar-refractivity contribution in [1.29, 1.82) is 0 Å². The van der Waals surface area contributed by atoms with E-state index in [1.165, 1.54) is 19.3 Å². The molecule has 0 radical (unpaired) electrons. The molecule has 1 saturated heterocycles. The van der Waals surface area contributed by atoms with Crippen LogP contribution in [0.4, 0.5) is 0 Å². The number of nitrogens with one attached hydrogen (secondary N) is 2. The predicted octanol–water partition coefficient (Wildman–Crippen LogP) is 0.444. The highest BCUT2D eigenvalue weighted by atomic mass is 16.2. The van der Waals surface area contributed by atoms with Gasteiger partial charge in [-0.25, -0.2) is 0 Å². The van der Waals surface area contributed by atoms with Crippen LogP contribution in [0.3, 0.4) is 0 Å². The topological polar surface area (TPSA) is 44.4 Å². The third-order valence-corrected chi connectivity index (χ3v) is 4.18. The largest absolute Gasteiger partial charge is 0.355 e. The number of hydrogen-bond acceptors (Lipinski definition) is 3. The molecule has 1 aliphatic heterocycles. The third kappa shape index (κ3) is 3.96. The number of nitrogens with zero attached hydrogens (tertiary/aromatic N) is 1. The van der Waals surface area contributed by atoms with E-state index in [1.807, 2.05) is 0 Å². The van der Waals surface area contributed by atoms with Crippen LogP contribution in [0.5, 0.6) is 0 Å². The number of carbonyl (C=O) groups excluding carboxylic acids is 1. The highest BCUT2D eigenvalue weighted by Crippen LogP contribution is 2.30. The molecule has 2 fully saturated rings. The summed E-state index contributed by atoms with van der Waals surface area (Å²) in [4.78, 5) is 14.0. The van der Waals surface area contributed by atoms with E-state index in [4.69, 9.17) is 0 Å². The molecule has 1 aliphatic carbocycles. The summed E-state index contributed by atoms with van der Waals surface area (Å²) in [7, 11) is 0. The molecule has 2 aliphatic rings. The Morgan fingerprint density at radius 2 is 2.12 bits per heavy atom. The van der Waals surface area contributed by atoms with Crippen LogP contribution in [0.25, 0.3) is 0 Å². The highest BCUT2D eigenvalue weighted by molar-refractivity contribution is 5.78. The van der Waals surface area contributed by atoms with Crippen LogP contribution in [-0.2, 0) is 4.79 Å². The van der Waals surface area contributed by atoms with E-state index in [-0.39, 0.29) is 5.91 Å². The molecule has 2 rings (SSSR count). The van der Waals surface area contributed by atoms with E-state index in [0.29, 0.717) is 12.5 Å². The normalized spacial score (nSPS) is 30.4. The first kappa shape index (κ1) is 12.8. The lowest BCUT2D eigenvalue weighted by atomic mass is 9.98. The van der Waals surface area contributed by atoms with Crippen LogP contribution >= 0.6 is 0 Å². The monoisotopic (exact) mass is 239 g/mol. The third-order valence-electron chi connectivity index (χ3n) is 4.18. The lowest BCUT2D eigenvalue weighted by Crippen LogP contribution is -2.48. The molecule has 98 valence electrons. The molecule has 2 unspecified atom stereocenters. The SMILES string of the molecule is CC1CCCC1CNC(=O)CN1CCNCC1. The molecule has 1 amide bonds. The second kappa shape index (κ2) is 6.36. The molecular weight excluding hydrogens is 214 g/mol. The minimum absolute atomic E-state index is 0.200. The fraction of sp³-hybridized carbons (Fsp3) is 0.923. The standard InChI is InChI=1S/C13H25N3O/c1-11-3-2-4-12(11)9-15-13(17)10-16-7-5-14-6-8-16/h11-12,14H,2-10H2,1H3,(H,15,17). The Hall–Kier alpha value is -0.610. The zero-order chi connectivity index (χ0) is 12.1. The van der Waals surface area contributed by atoms with Gasteiger partial charge in [-0.15, -0.1) is 0 Å². The molecule has 17 heavy (non-hydrogen) atoms. The van der Waals surface area contributed by atoms with Crippen molar-refractivity contribution in [1.82, 2.24) is 15.5 Å². The first-order valence-electron chi connectivity index (χ1n) is 6.95. The molecular formula is C13H25N3O. The zero-order valence-electron chi connectivity index (χ0n) is 10.9. The van der Waals surface area contributed by atoms with Crippen LogP contribution in [0.15, 0.2) is 0 Å². The second-order valence-electron chi connectivity index (χ2n) is 5.50. The number of amides is 1. The second-order valence-corrected chi connectivity index (χ2v) is 5.50. The Morgan fingerprint density at radius 1 is 1.35 bits per heavy atom. The van der Waals surface area contributed by atoms with E-state index in [1.54, 1.807) is 0 Å². The average Bonchev–Trinajstić information content (AvgIpc) is 2.74. The van der Waals surface area contributed by atoms with Crippen LogP contribution in [0.1, 0.15) is 26.2 Å². The Labute approximate surface area is 104 Å². The molecule has 1 saturated carbocycles. The maximum atomic E-state index is 11.8. The molecule has 2 atom stereocenters. The van der Waals surface area contributed by atoms with Crippen molar-refractivity contribution in [2.24, 2.45) is 11.8 Å². The Kier molecular flexibility index (Phi) is 4.80. The van der Waals surface area contributed by atoms with E-state index >= 15 is 0 Å². The summed E-state index contributed by atoms with van der Waals surface area (Å²) in [5.41, 5.74) is 0. The van der Waals surface area contributed by atoms with E-state index < -0.39 is 0 Å². The first-order chi connectivity index (χ1) is 8.25. The maximum absolute atomic E-state index is 11.8. The molecule has 1 heterocycles. The first-order valence-corrected chi connectivity index (χ1v) is 6.95. The lowest BCUT2D eigenvalue weighted by molar-refractivity contribution is -0.122. The van der Waals surface area contributed by atoms with Crippen molar-refractivity contribution in [3.8, 4) is 0 Å². The molecule has 2 N–H and O–H groups in total. The molecule has 0 bridgehead atoms. The summed E-state index contributed by atoms with van der Waals surface area (Å²) < 4.78 is 0. The summed E-state index contributed by atoms with van der Waals surface area (Å²) in [6.07, 6.45) is 3.95. The van der Waals surface area contributed by atoms with Gasteiger partial charge in [-0.05, 0) is 18.3 Å². The molecule has 4 heteroatoms. The van der Waals surface area contributed by atoms with Gasteiger partial charge in [-0.2, -0.15) is 0 Å². The lowest BCUT2D eigenvalue weighted by Gasteiger charge is -2.26. The van der Waals surface area contributed by atoms with Crippen LogP contribution in [0.2, 0.25) is 0 Å². The van der Waals surface area contributed by atoms with Crippen molar-refractivity contribution < 1.29 is 4.79 Å². The van der Waals surface area contributed by atoms with Gasteiger partial charge in [0, 0.05) is 32.7 Å². The van der Waals surface area contributed by atoms with Gasteiger partial charge in [-0.3, -0.25) is 9.69 Å². The fourth-order valence-electron chi connectivity index (χ4n) is 2.90. The van der Waals surface area contributed by atoms with Gasteiger partial charge in [0.05, 0.1) is 6.54 Å². The van der Waals surface area contributed by atoms with Crippen LogP contribution in [-0.4, -0.2) is 50.1 Å². The van der Waals surface area contributed by atoms with E-state index in [9.17, 15) is 4.79 Å². The molecule has 4 nitrogen and oxygen atoms in total. The summed E-state index contributed by atoms with van der Waals surface area (Å²) >= 11 is 0. The minimum atomic E-state index is 0.200. The van der Waals surface area contributed by atoms with Crippen molar-refractivity contribution in [3.63, 3.8) is 0 Å². The average molecular weight is 239 g/mol. The van der Waals surface area contributed by atoms with E-state index in [2.05, 4.69) is 22.5 Å². The molecule has 0 aromatic heterocycles. The number of hydrogen-bond donors (Lipinski definition) is 2. The number of rotatable bonds is 4. The van der Waals surface area contributed by atoms with Gasteiger partial charge >= 0.3 is 0 Å². The van der Waals surface area contributed by atoms with Crippen molar-refractivity contribution in [2.75, 3.05) is 39.3 Å². The summed E-state index contributed by atoms with van der Waals surface area (Å²) in [5, 5.41) is 6.40. The van der Waals surface area contributed by atoms with Gasteiger partial charge in [0.25, 0.3) is 0 Å². The molecule has 0 spiro atoms. The van der Waals surface area contributed by atoms with Gasteiger partial charge < -0.3 is 10.6 Å². The van der Waals surface area contributed by atoms with Gasteiger partial charge in [-0.1, -0.05) is 19.8 Å². The maximum Gasteiger partial charge on any atom is 0.234 e. The number of carbonyl (C=O) groups is 1. The zero-order valence-corrected chi connectivity index (χ0v) is 10.9.